The van der Waals surface area contributed by atoms with Crippen molar-refractivity contribution in [3.05, 3.63) is 95.6 Å². The summed E-state index contributed by atoms with van der Waals surface area (Å²) in [5.74, 6) is -2.58. The smallest absolute Gasteiger partial charge is 0.340 e. The van der Waals surface area contributed by atoms with Gasteiger partial charge in [0.15, 0.2) is 6.10 Å². The molecule has 0 aromatic heterocycles. The summed E-state index contributed by atoms with van der Waals surface area (Å²) in [6.07, 6.45) is -1.19. The number of carbonyl (C=O) groups is 2. The molecule has 0 aliphatic heterocycles. The van der Waals surface area contributed by atoms with E-state index in [1.165, 1.54) is 43.3 Å². The van der Waals surface area contributed by atoms with Crippen LogP contribution in [-0.2, 0) is 14.8 Å². The summed E-state index contributed by atoms with van der Waals surface area (Å²) in [6, 6.07) is 14.6. The fourth-order valence-electron chi connectivity index (χ4n) is 2.69. The van der Waals surface area contributed by atoms with E-state index in [0.717, 1.165) is 36.4 Å². The number of esters is 1. The molecule has 6 nitrogen and oxygen atoms in total. The molecule has 1 atom stereocenters. The van der Waals surface area contributed by atoms with Gasteiger partial charge in [-0.1, -0.05) is 12.1 Å². The molecule has 0 fully saturated rings. The number of anilines is 1. The lowest BCUT2D eigenvalue weighted by atomic mass is 10.1. The average molecular weight is 445 g/mol. The first-order valence-electron chi connectivity index (χ1n) is 9.05. The Morgan fingerprint density at radius 3 is 2.03 bits per heavy atom. The van der Waals surface area contributed by atoms with Gasteiger partial charge in [-0.3, -0.25) is 9.52 Å². The molecule has 3 aromatic carbocycles. The van der Waals surface area contributed by atoms with Crippen LogP contribution in [0.25, 0.3) is 0 Å². The summed E-state index contributed by atoms with van der Waals surface area (Å²) in [4.78, 5) is 24.8. The third-order valence-electron chi connectivity index (χ3n) is 4.30. The van der Waals surface area contributed by atoms with E-state index in [4.69, 9.17) is 4.74 Å². The minimum absolute atomic E-state index is 0.0711. The van der Waals surface area contributed by atoms with Gasteiger partial charge in [0.05, 0.1) is 16.1 Å². The fraction of sp³-hybridized carbons (Fsp3) is 0.0909. The standard InChI is InChI=1S/C22H17F2NO5S/c1-14(21(26)15-6-8-16(23)9-7-15)30-22(27)19-4-2-3-5-20(19)25-31(28,29)18-12-10-17(24)11-13-18/h2-14,25H,1H3. The lowest BCUT2D eigenvalue weighted by molar-refractivity contribution is 0.0320. The molecule has 1 N–H and O–H groups in total. The van der Waals surface area contributed by atoms with Crippen LogP contribution in [0.15, 0.2) is 77.7 Å². The Morgan fingerprint density at radius 2 is 1.42 bits per heavy atom. The Hall–Kier alpha value is -3.59. The molecule has 9 heteroatoms. The van der Waals surface area contributed by atoms with Crippen LogP contribution < -0.4 is 4.72 Å². The number of nitrogens with one attached hydrogen (secondary N) is 1. The van der Waals surface area contributed by atoms with Gasteiger partial charge in [-0.2, -0.15) is 0 Å². The number of hydrogen-bond donors (Lipinski definition) is 1. The highest BCUT2D eigenvalue weighted by atomic mass is 32.2. The molecular formula is C22H17F2NO5S. The van der Waals surface area contributed by atoms with Crippen LogP contribution in [0.3, 0.4) is 0 Å². The molecule has 3 aromatic rings. The van der Waals surface area contributed by atoms with E-state index in [2.05, 4.69) is 4.72 Å². The van der Waals surface area contributed by atoms with E-state index in [0.29, 0.717) is 0 Å². The molecule has 3 rings (SSSR count). The zero-order valence-corrected chi connectivity index (χ0v) is 17.0. The number of benzene rings is 3. The maximum Gasteiger partial charge on any atom is 0.340 e. The van der Waals surface area contributed by atoms with Crippen molar-refractivity contribution in [3.8, 4) is 0 Å². The molecule has 0 saturated carbocycles. The summed E-state index contributed by atoms with van der Waals surface area (Å²) in [5.41, 5.74) is -0.0304. The molecule has 0 saturated heterocycles. The van der Waals surface area contributed by atoms with Crippen molar-refractivity contribution in [2.24, 2.45) is 0 Å². The van der Waals surface area contributed by atoms with Gasteiger partial charge in [0.25, 0.3) is 10.0 Å². The third-order valence-corrected chi connectivity index (χ3v) is 5.68. The summed E-state index contributed by atoms with van der Waals surface area (Å²) >= 11 is 0. The SMILES string of the molecule is CC(OC(=O)c1ccccc1NS(=O)(=O)c1ccc(F)cc1)C(=O)c1ccc(F)cc1. The van der Waals surface area contributed by atoms with Gasteiger partial charge in [-0.15, -0.1) is 0 Å². The maximum absolute atomic E-state index is 13.1. The van der Waals surface area contributed by atoms with Crippen LogP contribution in [0.5, 0.6) is 0 Å². The maximum atomic E-state index is 13.1. The number of ketones is 1. The van der Waals surface area contributed by atoms with Gasteiger partial charge in [0, 0.05) is 5.56 Å². The first kappa shape index (κ1) is 22.1. The number of halogens is 2. The normalized spacial score (nSPS) is 12.1. The van der Waals surface area contributed by atoms with Gasteiger partial charge in [0.2, 0.25) is 5.78 Å². The van der Waals surface area contributed by atoms with Crippen molar-refractivity contribution in [1.29, 1.82) is 0 Å². The number of Topliss-reactive ketones (excluding diaryl/α,β-unsaturated/α-hetero) is 1. The zero-order chi connectivity index (χ0) is 22.6. The second-order valence-corrected chi connectivity index (χ2v) is 8.21. The summed E-state index contributed by atoms with van der Waals surface area (Å²) in [7, 11) is -4.10. The van der Waals surface area contributed by atoms with Crippen LogP contribution in [0.1, 0.15) is 27.6 Å². The number of ether oxygens (including phenoxy) is 1. The molecule has 1 unspecified atom stereocenters. The predicted octanol–water partition coefficient (Wildman–Crippen LogP) is 4.19. The summed E-state index contributed by atoms with van der Waals surface area (Å²) in [5, 5.41) is 0. The number of sulfonamides is 1. The topological polar surface area (TPSA) is 89.5 Å². The van der Waals surface area contributed by atoms with E-state index in [-0.39, 0.29) is 21.7 Å². The van der Waals surface area contributed by atoms with Crippen LogP contribution in [0.4, 0.5) is 14.5 Å². The van der Waals surface area contributed by atoms with Gasteiger partial charge < -0.3 is 4.74 Å². The van der Waals surface area contributed by atoms with Gasteiger partial charge in [0.1, 0.15) is 11.6 Å². The molecule has 0 heterocycles. The van der Waals surface area contributed by atoms with Gasteiger partial charge in [-0.05, 0) is 67.6 Å². The van der Waals surface area contributed by atoms with Crippen LogP contribution in [0.2, 0.25) is 0 Å². The number of carbonyl (C=O) groups excluding carboxylic acids is 2. The highest BCUT2D eigenvalue weighted by Crippen LogP contribution is 2.22. The highest BCUT2D eigenvalue weighted by molar-refractivity contribution is 7.92. The summed E-state index contributed by atoms with van der Waals surface area (Å²) < 4.78 is 58.7. The Morgan fingerprint density at radius 1 is 0.871 bits per heavy atom. The number of rotatable bonds is 7. The Labute approximate surface area is 177 Å². The Balaban J connectivity index is 1.79. The molecule has 0 aliphatic rings. The lowest BCUT2D eigenvalue weighted by Gasteiger charge is -2.15. The highest BCUT2D eigenvalue weighted by Gasteiger charge is 2.24. The van der Waals surface area contributed by atoms with Crippen molar-refractivity contribution in [3.63, 3.8) is 0 Å². The van der Waals surface area contributed by atoms with E-state index in [1.807, 2.05) is 0 Å². The van der Waals surface area contributed by atoms with Gasteiger partial charge >= 0.3 is 5.97 Å². The molecule has 0 radical (unpaired) electrons. The first-order chi connectivity index (χ1) is 14.7. The second kappa shape index (κ2) is 9.05. The molecule has 0 bridgehead atoms. The number of hydrogen-bond acceptors (Lipinski definition) is 5. The van der Waals surface area contributed by atoms with Crippen molar-refractivity contribution in [1.82, 2.24) is 0 Å². The van der Waals surface area contributed by atoms with Gasteiger partial charge in [-0.25, -0.2) is 22.0 Å². The van der Waals surface area contributed by atoms with Crippen molar-refractivity contribution in [2.75, 3.05) is 4.72 Å². The van der Waals surface area contributed by atoms with E-state index < -0.39 is 39.5 Å². The number of para-hydroxylation sites is 1. The van der Waals surface area contributed by atoms with Crippen LogP contribution in [-0.4, -0.2) is 26.3 Å². The summed E-state index contributed by atoms with van der Waals surface area (Å²) in [6.45, 7) is 1.36. The van der Waals surface area contributed by atoms with Crippen LogP contribution in [0, 0.1) is 11.6 Å². The fourth-order valence-corrected chi connectivity index (χ4v) is 3.77. The van der Waals surface area contributed by atoms with Crippen molar-refractivity contribution >= 4 is 27.5 Å². The largest absolute Gasteiger partial charge is 0.451 e. The quantitative estimate of drug-likeness (QED) is 0.435. The molecule has 31 heavy (non-hydrogen) atoms. The molecule has 0 spiro atoms. The Kier molecular flexibility index (Phi) is 6.45. The van der Waals surface area contributed by atoms with Crippen molar-refractivity contribution < 1.29 is 31.5 Å². The minimum Gasteiger partial charge on any atom is -0.451 e. The molecular weight excluding hydrogens is 428 g/mol. The minimum atomic E-state index is -4.10. The lowest BCUT2D eigenvalue weighted by Crippen LogP contribution is -2.25. The van der Waals surface area contributed by atoms with E-state index >= 15 is 0 Å². The third kappa shape index (κ3) is 5.32. The predicted molar refractivity (Wildman–Crippen MR) is 109 cm³/mol. The van der Waals surface area contributed by atoms with Crippen molar-refractivity contribution in [2.45, 2.75) is 17.9 Å². The van der Waals surface area contributed by atoms with E-state index in [9.17, 15) is 26.8 Å². The van der Waals surface area contributed by atoms with Crippen LogP contribution >= 0.6 is 0 Å². The molecule has 160 valence electrons. The average Bonchev–Trinajstić information content (AvgIpc) is 2.74. The molecule has 0 aliphatic carbocycles. The molecule has 0 amide bonds. The Bertz CT molecular complexity index is 1210. The zero-order valence-electron chi connectivity index (χ0n) is 16.2. The second-order valence-electron chi connectivity index (χ2n) is 6.52. The first-order valence-corrected chi connectivity index (χ1v) is 10.5. The van der Waals surface area contributed by atoms with E-state index in [1.54, 1.807) is 0 Å². The monoisotopic (exact) mass is 445 g/mol.